The molecule has 13 nitrogen and oxygen atoms in total. The summed E-state index contributed by atoms with van der Waals surface area (Å²) in [6.45, 7) is 6.18. The van der Waals surface area contributed by atoms with Gasteiger partial charge in [0, 0.05) is 38.6 Å². The number of carboxylic acid groups (broad SMARTS) is 1. The summed E-state index contributed by atoms with van der Waals surface area (Å²) in [4.78, 5) is 54.0. The summed E-state index contributed by atoms with van der Waals surface area (Å²) in [5, 5.41) is 25.7. The molecule has 4 rings (SSSR count). The Kier molecular flexibility index (Phi) is 12.4. The maximum Gasteiger partial charge on any atom is 0.352 e. The van der Waals surface area contributed by atoms with E-state index < -0.39 is 53.4 Å². The smallest absolute Gasteiger partial charge is 0.352 e. The number of halogens is 2. The van der Waals surface area contributed by atoms with E-state index in [1.165, 1.54) is 51.4 Å². The number of aliphatic hydroxyl groups is 1. The molecule has 272 valence electrons. The normalized spacial score (nSPS) is 18.8. The first kappa shape index (κ1) is 38.0. The lowest BCUT2D eigenvalue weighted by Gasteiger charge is -2.46. The Balaban J connectivity index is 1.45. The Bertz CT molecular complexity index is 1660. The van der Waals surface area contributed by atoms with Crippen LogP contribution in [0.15, 0.2) is 35.5 Å². The molecule has 0 bridgehead atoms. The van der Waals surface area contributed by atoms with Gasteiger partial charge < -0.3 is 40.0 Å². The van der Waals surface area contributed by atoms with E-state index in [9.17, 15) is 38.2 Å². The zero-order chi connectivity index (χ0) is 36.9. The number of nitrogens with one attached hydrogen (secondary N) is 2. The number of rotatable bonds is 17. The van der Waals surface area contributed by atoms with Crippen LogP contribution in [0.4, 0.5) is 8.78 Å². The molecule has 1 fully saturated rings. The number of nitrogens with zero attached hydrogens (tertiary/aromatic N) is 2. The maximum absolute atomic E-state index is 14.9. The topological polar surface area (TPSA) is 167 Å². The van der Waals surface area contributed by atoms with Crippen LogP contribution in [0.1, 0.15) is 53.0 Å². The van der Waals surface area contributed by atoms with Crippen LogP contribution >= 0.6 is 0 Å². The van der Waals surface area contributed by atoms with Crippen LogP contribution in [0.3, 0.4) is 0 Å². The molecule has 0 aromatic heterocycles. The minimum absolute atomic E-state index is 0.0148. The molecule has 15 heteroatoms. The van der Waals surface area contributed by atoms with E-state index >= 15 is 0 Å². The third-order valence-corrected chi connectivity index (χ3v) is 9.26. The Morgan fingerprint density at radius 2 is 1.46 bits per heavy atom. The van der Waals surface area contributed by atoms with Crippen molar-refractivity contribution in [2.24, 2.45) is 11.8 Å². The highest BCUT2D eigenvalue weighted by Gasteiger charge is 2.59. The summed E-state index contributed by atoms with van der Waals surface area (Å²) in [7, 11) is 3.94. The van der Waals surface area contributed by atoms with Gasteiger partial charge in [0.25, 0.3) is 11.8 Å². The van der Waals surface area contributed by atoms with Gasteiger partial charge in [-0.3, -0.25) is 19.3 Å². The number of benzene rings is 2. The van der Waals surface area contributed by atoms with Crippen LogP contribution in [-0.2, 0) is 9.59 Å². The number of hydrogen-bond acceptors (Lipinski definition) is 9. The second kappa shape index (κ2) is 16.3. The zero-order valence-corrected chi connectivity index (χ0v) is 29.0. The summed E-state index contributed by atoms with van der Waals surface area (Å²) in [5.74, 6) is -5.75. The molecular weight excluding hydrogens is 658 g/mol. The number of fused-ring (bicyclic) bond motifs is 1. The third kappa shape index (κ3) is 7.53. The van der Waals surface area contributed by atoms with Crippen molar-refractivity contribution in [1.82, 2.24) is 20.4 Å². The van der Waals surface area contributed by atoms with Gasteiger partial charge in [0.15, 0.2) is 28.9 Å². The summed E-state index contributed by atoms with van der Waals surface area (Å²) >= 11 is 0. The van der Waals surface area contributed by atoms with E-state index in [4.69, 9.17) is 14.2 Å². The van der Waals surface area contributed by atoms with E-state index in [2.05, 4.69) is 10.6 Å². The molecule has 4 N–H and O–H groups in total. The fourth-order valence-corrected chi connectivity index (χ4v) is 6.71. The molecule has 0 spiro atoms. The Morgan fingerprint density at radius 3 is 1.96 bits per heavy atom. The van der Waals surface area contributed by atoms with Crippen LogP contribution in [0.25, 0.3) is 0 Å². The molecule has 2 aromatic carbocycles. The second-order valence-electron chi connectivity index (χ2n) is 12.4. The van der Waals surface area contributed by atoms with Crippen molar-refractivity contribution < 1.29 is 52.4 Å². The van der Waals surface area contributed by atoms with Crippen molar-refractivity contribution in [3.8, 4) is 17.2 Å². The molecule has 4 atom stereocenters. The number of amides is 3. The lowest BCUT2D eigenvalue weighted by atomic mass is 9.77. The molecule has 0 unspecified atom stereocenters. The number of aliphatic hydroxyl groups excluding tert-OH is 1. The van der Waals surface area contributed by atoms with Gasteiger partial charge in [-0.1, -0.05) is 13.0 Å². The van der Waals surface area contributed by atoms with Crippen molar-refractivity contribution >= 4 is 23.7 Å². The van der Waals surface area contributed by atoms with Crippen LogP contribution < -0.4 is 24.8 Å². The number of carbonyl (C=O) groups is 4. The minimum atomic E-state index is -1.25. The van der Waals surface area contributed by atoms with Gasteiger partial charge in [-0.15, -0.1) is 0 Å². The molecule has 2 aromatic rings. The maximum atomic E-state index is 14.9. The zero-order valence-electron chi connectivity index (χ0n) is 29.0. The van der Waals surface area contributed by atoms with Gasteiger partial charge in [0.05, 0.1) is 50.5 Å². The quantitative estimate of drug-likeness (QED) is 0.142. The van der Waals surface area contributed by atoms with Gasteiger partial charge in [-0.2, -0.15) is 0 Å². The molecule has 1 saturated heterocycles. The van der Waals surface area contributed by atoms with E-state index in [0.29, 0.717) is 37.1 Å². The fraction of sp³-hybridized carbons (Fsp3) is 0.486. The molecule has 0 aliphatic carbocycles. The number of aryl methyl sites for hydroxylation is 1. The Hall–Kier alpha value is -4.76. The summed E-state index contributed by atoms with van der Waals surface area (Å²) < 4.78 is 45.0. The SMILES string of the molecule is COc1ccc(C(=O)NCCCN(CCCNC(=O)c2ccc(C)c(OC)c2F)CC2=C(C(=O)O)N3C(=O)[C@H]([C@@H](C)O)[C@H]3[C@H]2C)c(F)c1OC. The predicted octanol–water partition coefficient (Wildman–Crippen LogP) is 2.74. The summed E-state index contributed by atoms with van der Waals surface area (Å²) in [6, 6.07) is 5.19. The highest BCUT2D eigenvalue weighted by atomic mass is 19.1. The number of carbonyl (C=O) groups excluding carboxylic acids is 3. The third-order valence-electron chi connectivity index (χ3n) is 9.26. The molecule has 50 heavy (non-hydrogen) atoms. The van der Waals surface area contributed by atoms with Crippen molar-refractivity contribution in [2.45, 2.75) is 45.8 Å². The Morgan fingerprint density at radius 1 is 0.920 bits per heavy atom. The molecule has 2 aliphatic heterocycles. The van der Waals surface area contributed by atoms with E-state index in [-0.39, 0.29) is 59.6 Å². The van der Waals surface area contributed by atoms with Crippen molar-refractivity contribution in [1.29, 1.82) is 0 Å². The highest BCUT2D eigenvalue weighted by molar-refractivity contribution is 6.00. The number of ether oxygens (including phenoxy) is 3. The van der Waals surface area contributed by atoms with Gasteiger partial charge in [-0.05, 0) is 56.0 Å². The average Bonchev–Trinajstić information content (AvgIpc) is 3.31. The van der Waals surface area contributed by atoms with Crippen LogP contribution in [0.2, 0.25) is 0 Å². The lowest BCUT2D eigenvalue weighted by Crippen LogP contribution is -2.63. The summed E-state index contributed by atoms with van der Waals surface area (Å²) in [6.07, 6.45) is -0.169. The second-order valence-corrected chi connectivity index (χ2v) is 12.4. The monoisotopic (exact) mass is 702 g/mol. The molecule has 2 heterocycles. The predicted molar refractivity (Wildman–Crippen MR) is 177 cm³/mol. The lowest BCUT2D eigenvalue weighted by molar-refractivity contribution is -0.163. The van der Waals surface area contributed by atoms with E-state index in [1.54, 1.807) is 13.0 Å². The average molecular weight is 703 g/mol. The Labute approximate surface area is 289 Å². The number of carboxylic acids is 1. The van der Waals surface area contributed by atoms with Gasteiger partial charge in [-0.25, -0.2) is 13.6 Å². The number of methoxy groups -OCH3 is 3. The first-order chi connectivity index (χ1) is 23.8. The van der Waals surface area contributed by atoms with Gasteiger partial charge >= 0.3 is 5.97 Å². The molecule has 2 aliphatic rings. The summed E-state index contributed by atoms with van der Waals surface area (Å²) in [5.41, 5.74) is 0.571. The van der Waals surface area contributed by atoms with Crippen molar-refractivity contribution in [2.75, 3.05) is 54.1 Å². The van der Waals surface area contributed by atoms with Crippen LogP contribution in [0, 0.1) is 30.4 Å². The van der Waals surface area contributed by atoms with Crippen LogP contribution in [-0.4, -0.2) is 110 Å². The standard InChI is InChI=1S/C35H44F2N4O9/c1-18-9-10-21(26(36)30(18)49-5)32(43)38-13-7-15-40(16-8-14-39-33(44)22-11-12-24(48-4)31(50-6)27(22)37)17-23-19(2)28-25(20(3)42)34(45)41(28)29(23)35(46)47/h9-12,19-20,25,28,42H,7-8,13-17H2,1-6H3,(H,38,43)(H,39,44)(H,46,47)/t19-,20+,25+,28+/m0/s1. The largest absolute Gasteiger partial charge is 0.493 e. The van der Waals surface area contributed by atoms with E-state index in [0.717, 1.165) is 0 Å². The first-order valence-corrected chi connectivity index (χ1v) is 16.3. The molecule has 0 radical (unpaired) electrons. The van der Waals surface area contributed by atoms with Gasteiger partial charge in [0.1, 0.15) is 5.70 Å². The van der Waals surface area contributed by atoms with Crippen molar-refractivity contribution in [3.05, 3.63) is 63.9 Å². The molecule has 3 amide bonds. The number of hydrogen-bond donors (Lipinski definition) is 4. The number of β-lactam (4-membered cyclic amide) rings is 1. The fourth-order valence-electron chi connectivity index (χ4n) is 6.71. The first-order valence-electron chi connectivity index (χ1n) is 16.3. The minimum Gasteiger partial charge on any atom is -0.493 e. The van der Waals surface area contributed by atoms with E-state index in [1.807, 2.05) is 11.8 Å². The number of aliphatic carboxylic acids is 1. The van der Waals surface area contributed by atoms with Gasteiger partial charge in [0.2, 0.25) is 5.91 Å². The highest BCUT2D eigenvalue weighted by Crippen LogP contribution is 2.47. The van der Waals surface area contributed by atoms with Crippen molar-refractivity contribution in [3.63, 3.8) is 0 Å². The van der Waals surface area contributed by atoms with Crippen LogP contribution in [0.5, 0.6) is 17.2 Å². The molecule has 0 saturated carbocycles. The molecular formula is C35H44F2N4O9.